The van der Waals surface area contributed by atoms with Crippen LogP contribution in [0, 0.1) is 28.1 Å². The van der Waals surface area contributed by atoms with Crippen LogP contribution in [0.2, 0.25) is 0 Å². The normalized spacial score (nSPS) is 16.1. The molecule has 1 aliphatic carbocycles. The predicted molar refractivity (Wildman–Crippen MR) is 163 cm³/mol. The lowest BCUT2D eigenvalue weighted by Gasteiger charge is -2.47. The molecule has 0 spiro atoms. The molecule has 1 saturated carbocycles. The molecule has 5 heteroatoms. The van der Waals surface area contributed by atoms with Crippen molar-refractivity contribution in [1.82, 2.24) is 0 Å². The lowest BCUT2D eigenvalue weighted by molar-refractivity contribution is 0.269. The minimum absolute atomic E-state index is 0.110. The summed E-state index contributed by atoms with van der Waals surface area (Å²) in [6.45, 7) is 0. The number of rotatable bonds is 8. The highest BCUT2D eigenvalue weighted by Crippen LogP contribution is 2.74. The molecule has 0 N–H and O–H groups in total. The molecule has 0 heterocycles. The summed E-state index contributed by atoms with van der Waals surface area (Å²) in [6, 6.07) is 51.1. The van der Waals surface area contributed by atoms with Crippen molar-refractivity contribution in [3.63, 3.8) is 0 Å². The summed E-state index contributed by atoms with van der Waals surface area (Å²) in [7, 11) is -3.99. The Hall–Kier alpha value is -4.97. The van der Waals surface area contributed by atoms with Gasteiger partial charge in [0.1, 0.15) is 10.8 Å². The van der Waals surface area contributed by atoms with Gasteiger partial charge in [0.25, 0.3) is 0 Å². The SMILES string of the molecule is N#CC(c1ccccc1)(c1ccccc1)C1(C(C#N)(c2ccccc2)c2ccccc2)C[C@H]1S(=O)(=O)c1ccccc1. The molecule has 1 fully saturated rings. The second-order valence-corrected chi connectivity index (χ2v) is 12.8. The molecule has 0 aliphatic heterocycles. The second-order valence-electron chi connectivity index (χ2n) is 10.7. The van der Waals surface area contributed by atoms with Gasteiger partial charge in [0, 0.05) is 5.41 Å². The zero-order valence-electron chi connectivity index (χ0n) is 22.8. The highest BCUT2D eigenvalue weighted by Gasteiger charge is 2.81. The van der Waals surface area contributed by atoms with Crippen molar-refractivity contribution >= 4 is 9.84 Å². The van der Waals surface area contributed by atoms with Crippen LogP contribution >= 0.6 is 0 Å². The largest absolute Gasteiger partial charge is 0.223 e. The highest BCUT2D eigenvalue weighted by atomic mass is 32.2. The maximum Gasteiger partial charge on any atom is 0.181 e. The van der Waals surface area contributed by atoms with E-state index in [2.05, 4.69) is 12.1 Å². The fourth-order valence-electron chi connectivity index (χ4n) is 7.03. The average Bonchev–Trinajstić information content (AvgIpc) is 3.83. The summed E-state index contributed by atoms with van der Waals surface area (Å²) in [5.74, 6) is 0. The molecule has 42 heavy (non-hydrogen) atoms. The summed E-state index contributed by atoms with van der Waals surface area (Å²) in [5.41, 5.74) is -1.84. The fourth-order valence-corrected chi connectivity index (χ4v) is 9.26. The van der Waals surface area contributed by atoms with Gasteiger partial charge in [0.2, 0.25) is 0 Å². The molecule has 5 aromatic rings. The van der Waals surface area contributed by atoms with E-state index in [1.54, 1.807) is 30.3 Å². The monoisotopic (exact) mass is 564 g/mol. The minimum atomic E-state index is -3.99. The topological polar surface area (TPSA) is 81.7 Å². The van der Waals surface area contributed by atoms with Crippen LogP contribution < -0.4 is 0 Å². The number of nitriles is 2. The molecular formula is C37H28N2O2S. The molecule has 6 rings (SSSR count). The van der Waals surface area contributed by atoms with Gasteiger partial charge < -0.3 is 0 Å². The standard InChI is InChI=1S/C37H28N2O2S/c38-27-35(29-16-6-1-7-17-29,30-18-8-2-9-19-30)37(26-34(37)42(40,41)33-24-14-5-15-25-33)36(28-39,31-20-10-3-11-21-31)32-22-12-4-13-23-32/h1-25,34H,26H2/t34-/m1/s1. The first-order valence-electron chi connectivity index (χ1n) is 13.8. The summed E-state index contributed by atoms with van der Waals surface area (Å²) >= 11 is 0. The molecule has 0 radical (unpaired) electrons. The van der Waals surface area contributed by atoms with Crippen molar-refractivity contribution in [2.24, 2.45) is 5.41 Å². The third kappa shape index (κ3) is 3.75. The van der Waals surface area contributed by atoms with Crippen LogP contribution in [0.4, 0.5) is 0 Å². The predicted octanol–water partition coefficient (Wildman–Crippen LogP) is 7.24. The van der Waals surface area contributed by atoms with Crippen molar-refractivity contribution < 1.29 is 8.42 Å². The number of hydrogen-bond donors (Lipinski definition) is 0. The Kier molecular flexibility index (Phi) is 6.77. The number of sulfone groups is 1. The summed E-state index contributed by atoms with van der Waals surface area (Å²) in [6.07, 6.45) is 0.110. The molecule has 1 aliphatic rings. The highest BCUT2D eigenvalue weighted by molar-refractivity contribution is 7.92. The second kappa shape index (κ2) is 10.5. The van der Waals surface area contributed by atoms with E-state index in [0.29, 0.717) is 22.3 Å². The van der Waals surface area contributed by atoms with Crippen LogP contribution in [0.5, 0.6) is 0 Å². The molecule has 0 aromatic heterocycles. The van der Waals surface area contributed by atoms with E-state index in [-0.39, 0.29) is 11.3 Å². The van der Waals surface area contributed by atoms with E-state index < -0.39 is 31.3 Å². The zero-order valence-corrected chi connectivity index (χ0v) is 23.7. The van der Waals surface area contributed by atoms with E-state index in [9.17, 15) is 18.9 Å². The molecule has 0 bridgehead atoms. The van der Waals surface area contributed by atoms with Gasteiger partial charge in [-0.15, -0.1) is 0 Å². The van der Waals surface area contributed by atoms with Crippen molar-refractivity contribution in [2.75, 3.05) is 0 Å². The first-order valence-corrected chi connectivity index (χ1v) is 15.4. The summed E-state index contributed by atoms with van der Waals surface area (Å²) in [5, 5.41) is 22.0. The van der Waals surface area contributed by atoms with Gasteiger partial charge in [-0.2, -0.15) is 10.5 Å². The van der Waals surface area contributed by atoms with Crippen molar-refractivity contribution in [3.8, 4) is 12.1 Å². The quantitative estimate of drug-likeness (QED) is 0.199. The Morgan fingerprint density at radius 2 is 0.810 bits per heavy atom. The van der Waals surface area contributed by atoms with Gasteiger partial charge in [-0.3, -0.25) is 0 Å². The van der Waals surface area contributed by atoms with E-state index in [0.717, 1.165) is 0 Å². The molecule has 1 atom stereocenters. The third-order valence-corrected chi connectivity index (χ3v) is 11.1. The minimum Gasteiger partial charge on any atom is -0.223 e. The van der Waals surface area contributed by atoms with Crippen LogP contribution in [0.3, 0.4) is 0 Å². The Labute approximate surface area is 247 Å². The lowest BCUT2D eigenvalue weighted by Crippen LogP contribution is -2.53. The molecule has 4 nitrogen and oxygen atoms in total. The van der Waals surface area contributed by atoms with Gasteiger partial charge in [0.15, 0.2) is 9.84 Å². The Balaban J connectivity index is 1.81. The number of hydrogen-bond acceptors (Lipinski definition) is 4. The smallest absolute Gasteiger partial charge is 0.181 e. The Morgan fingerprint density at radius 3 is 1.10 bits per heavy atom. The first kappa shape index (κ1) is 27.2. The van der Waals surface area contributed by atoms with Gasteiger partial charge in [-0.05, 0) is 40.8 Å². The zero-order chi connectivity index (χ0) is 29.3. The third-order valence-electron chi connectivity index (χ3n) is 8.84. The maximum absolute atomic E-state index is 14.6. The van der Waals surface area contributed by atoms with E-state index in [1.807, 2.05) is 121 Å². The first-order chi connectivity index (χ1) is 20.5. The lowest BCUT2D eigenvalue weighted by atomic mass is 9.51. The van der Waals surface area contributed by atoms with Crippen molar-refractivity contribution in [2.45, 2.75) is 27.4 Å². The Bertz CT molecular complexity index is 1700. The van der Waals surface area contributed by atoms with Crippen LogP contribution in [0.15, 0.2) is 157 Å². The van der Waals surface area contributed by atoms with Crippen molar-refractivity contribution in [3.05, 3.63) is 174 Å². The van der Waals surface area contributed by atoms with Gasteiger partial charge >= 0.3 is 0 Å². The summed E-state index contributed by atoms with van der Waals surface area (Å²) in [4.78, 5) is 0.179. The molecular weight excluding hydrogens is 536 g/mol. The number of benzene rings is 5. The van der Waals surface area contributed by atoms with E-state index in [1.165, 1.54) is 0 Å². The molecule has 204 valence electrons. The molecule has 0 saturated heterocycles. The maximum atomic E-state index is 14.6. The van der Waals surface area contributed by atoms with Crippen LogP contribution in [-0.4, -0.2) is 13.7 Å². The van der Waals surface area contributed by atoms with E-state index >= 15 is 0 Å². The molecule has 0 unspecified atom stereocenters. The molecule has 5 aromatic carbocycles. The van der Waals surface area contributed by atoms with Gasteiger partial charge in [0.05, 0.1) is 22.3 Å². The Morgan fingerprint density at radius 1 is 0.524 bits per heavy atom. The van der Waals surface area contributed by atoms with Gasteiger partial charge in [-0.25, -0.2) is 8.42 Å². The average molecular weight is 565 g/mol. The fraction of sp³-hybridized carbons (Fsp3) is 0.135. The van der Waals surface area contributed by atoms with Crippen LogP contribution in [-0.2, 0) is 20.7 Å². The number of nitrogens with zero attached hydrogens (tertiary/aromatic N) is 2. The van der Waals surface area contributed by atoms with Crippen LogP contribution in [0.25, 0.3) is 0 Å². The summed E-state index contributed by atoms with van der Waals surface area (Å²) < 4.78 is 29.3. The molecule has 0 amide bonds. The van der Waals surface area contributed by atoms with Crippen molar-refractivity contribution in [1.29, 1.82) is 10.5 Å². The van der Waals surface area contributed by atoms with Crippen LogP contribution in [0.1, 0.15) is 28.7 Å². The van der Waals surface area contributed by atoms with E-state index in [4.69, 9.17) is 0 Å². The van der Waals surface area contributed by atoms with Gasteiger partial charge in [-0.1, -0.05) is 140 Å².